The quantitative estimate of drug-likeness (QED) is 0.785. The van der Waals surface area contributed by atoms with Crippen molar-refractivity contribution in [1.29, 1.82) is 0 Å². The molecule has 0 bridgehead atoms. The van der Waals surface area contributed by atoms with E-state index in [2.05, 4.69) is 0 Å². The molecule has 0 unspecified atom stereocenters. The van der Waals surface area contributed by atoms with Crippen LogP contribution in [0.15, 0.2) is 30.3 Å². The normalized spacial score (nSPS) is 18.8. The lowest BCUT2D eigenvalue weighted by molar-refractivity contribution is -0.136. The van der Waals surface area contributed by atoms with E-state index in [4.69, 9.17) is 10.5 Å². The van der Waals surface area contributed by atoms with Gasteiger partial charge in [-0.05, 0) is 17.9 Å². The van der Waals surface area contributed by atoms with Crippen molar-refractivity contribution in [3.05, 3.63) is 35.9 Å². The van der Waals surface area contributed by atoms with E-state index in [0.29, 0.717) is 12.5 Å². The van der Waals surface area contributed by atoms with Crippen LogP contribution in [0.1, 0.15) is 57.9 Å². The summed E-state index contributed by atoms with van der Waals surface area (Å²) < 4.78 is 5.98. The van der Waals surface area contributed by atoms with Crippen LogP contribution in [0.25, 0.3) is 0 Å². The van der Waals surface area contributed by atoms with E-state index in [1.807, 2.05) is 44.2 Å². The number of hydrogen-bond acceptors (Lipinski definition) is 3. The molecule has 0 amide bonds. The van der Waals surface area contributed by atoms with Crippen molar-refractivity contribution < 1.29 is 9.53 Å². The second-order valence-corrected chi connectivity index (χ2v) is 7.18. The Morgan fingerprint density at radius 1 is 1.17 bits per heavy atom. The van der Waals surface area contributed by atoms with E-state index in [1.54, 1.807) is 0 Å². The molecule has 0 heterocycles. The SMILES string of the molecule is CC(C)C(=O)[C@H](OCc1ccccc1)[C@@H](N)CC1CCCCC1. The van der Waals surface area contributed by atoms with Crippen LogP contribution in [-0.4, -0.2) is 17.9 Å². The first-order valence-corrected chi connectivity index (χ1v) is 9.02. The van der Waals surface area contributed by atoms with Crippen LogP contribution >= 0.6 is 0 Å². The Bertz CT molecular complexity index is 466. The highest BCUT2D eigenvalue weighted by molar-refractivity contribution is 5.85. The molecule has 0 aromatic heterocycles. The minimum Gasteiger partial charge on any atom is -0.364 e. The number of rotatable bonds is 8. The molecule has 1 aliphatic rings. The number of Topliss-reactive ketones (excluding diaryl/α,β-unsaturated/α-hetero) is 1. The zero-order valence-corrected chi connectivity index (χ0v) is 14.5. The lowest BCUT2D eigenvalue weighted by Crippen LogP contribution is -2.45. The van der Waals surface area contributed by atoms with Crippen molar-refractivity contribution in [2.24, 2.45) is 17.6 Å². The molecular formula is C20H31NO2. The highest BCUT2D eigenvalue weighted by Crippen LogP contribution is 2.28. The summed E-state index contributed by atoms with van der Waals surface area (Å²) >= 11 is 0. The van der Waals surface area contributed by atoms with Crippen LogP contribution in [-0.2, 0) is 16.1 Å². The van der Waals surface area contributed by atoms with E-state index >= 15 is 0 Å². The van der Waals surface area contributed by atoms with Gasteiger partial charge in [-0.25, -0.2) is 0 Å². The zero-order chi connectivity index (χ0) is 16.7. The fourth-order valence-corrected chi connectivity index (χ4v) is 3.44. The van der Waals surface area contributed by atoms with Gasteiger partial charge in [-0.2, -0.15) is 0 Å². The first kappa shape index (κ1) is 18.2. The highest BCUT2D eigenvalue weighted by atomic mass is 16.5. The summed E-state index contributed by atoms with van der Waals surface area (Å²) in [5.41, 5.74) is 7.49. The van der Waals surface area contributed by atoms with Gasteiger partial charge in [0.05, 0.1) is 6.61 Å². The van der Waals surface area contributed by atoms with Crippen molar-refractivity contribution in [1.82, 2.24) is 0 Å². The van der Waals surface area contributed by atoms with Gasteiger partial charge in [0, 0.05) is 12.0 Å². The Kier molecular flexibility index (Phi) is 7.25. The number of carbonyl (C=O) groups excluding carboxylic acids is 1. The van der Waals surface area contributed by atoms with Gasteiger partial charge < -0.3 is 10.5 Å². The van der Waals surface area contributed by atoms with E-state index < -0.39 is 6.10 Å². The van der Waals surface area contributed by atoms with Gasteiger partial charge in [0.15, 0.2) is 5.78 Å². The molecule has 2 atom stereocenters. The number of benzene rings is 1. The van der Waals surface area contributed by atoms with Crippen LogP contribution in [0.2, 0.25) is 0 Å². The van der Waals surface area contributed by atoms with E-state index in [1.165, 1.54) is 32.1 Å². The molecule has 0 radical (unpaired) electrons. The number of ketones is 1. The molecule has 23 heavy (non-hydrogen) atoms. The van der Waals surface area contributed by atoms with Gasteiger partial charge in [-0.3, -0.25) is 4.79 Å². The third kappa shape index (κ3) is 5.74. The van der Waals surface area contributed by atoms with Crippen molar-refractivity contribution in [2.75, 3.05) is 0 Å². The molecule has 1 saturated carbocycles. The third-order valence-electron chi connectivity index (χ3n) is 4.84. The molecule has 128 valence electrons. The largest absolute Gasteiger partial charge is 0.364 e. The van der Waals surface area contributed by atoms with Crippen molar-refractivity contribution >= 4 is 5.78 Å². The molecule has 0 spiro atoms. The Morgan fingerprint density at radius 3 is 2.43 bits per heavy atom. The summed E-state index contributed by atoms with van der Waals surface area (Å²) in [6, 6.07) is 9.79. The van der Waals surface area contributed by atoms with Gasteiger partial charge in [0.25, 0.3) is 0 Å². The number of ether oxygens (including phenoxy) is 1. The van der Waals surface area contributed by atoms with Crippen LogP contribution in [0.4, 0.5) is 0 Å². The molecular weight excluding hydrogens is 286 g/mol. The minimum atomic E-state index is -0.489. The summed E-state index contributed by atoms with van der Waals surface area (Å²) in [5, 5.41) is 0. The van der Waals surface area contributed by atoms with Gasteiger partial charge in [-0.15, -0.1) is 0 Å². The summed E-state index contributed by atoms with van der Waals surface area (Å²) in [7, 11) is 0. The topological polar surface area (TPSA) is 52.3 Å². The molecule has 3 nitrogen and oxygen atoms in total. The van der Waals surface area contributed by atoms with E-state index in [-0.39, 0.29) is 17.7 Å². The Hall–Kier alpha value is -1.19. The summed E-state index contributed by atoms with van der Waals surface area (Å²) in [6.45, 7) is 4.30. The Morgan fingerprint density at radius 2 is 1.83 bits per heavy atom. The van der Waals surface area contributed by atoms with Crippen molar-refractivity contribution in [2.45, 2.75) is 71.1 Å². The maximum Gasteiger partial charge on any atom is 0.165 e. The second kappa shape index (κ2) is 9.19. The highest BCUT2D eigenvalue weighted by Gasteiger charge is 2.30. The minimum absolute atomic E-state index is 0.0480. The van der Waals surface area contributed by atoms with Crippen LogP contribution in [0.3, 0.4) is 0 Å². The molecule has 0 saturated heterocycles. The van der Waals surface area contributed by atoms with Crippen LogP contribution in [0.5, 0.6) is 0 Å². The monoisotopic (exact) mass is 317 g/mol. The summed E-state index contributed by atoms with van der Waals surface area (Å²) in [6.07, 6.45) is 6.83. The Balaban J connectivity index is 1.96. The van der Waals surface area contributed by atoms with Gasteiger partial charge in [0.1, 0.15) is 6.10 Å². The van der Waals surface area contributed by atoms with E-state index in [9.17, 15) is 4.79 Å². The molecule has 0 aliphatic heterocycles. The van der Waals surface area contributed by atoms with Gasteiger partial charge in [-0.1, -0.05) is 76.3 Å². The van der Waals surface area contributed by atoms with Crippen LogP contribution < -0.4 is 5.73 Å². The number of carbonyl (C=O) groups is 1. The average Bonchev–Trinajstić information content (AvgIpc) is 2.56. The summed E-state index contributed by atoms with van der Waals surface area (Å²) in [5.74, 6) is 0.735. The molecule has 1 aliphatic carbocycles. The number of nitrogens with two attached hydrogens (primary N) is 1. The molecule has 1 aromatic carbocycles. The summed E-state index contributed by atoms with van der Waals surface area (Å²) in [4.78, 5) is 12.5. The first-order valence-electron chi connectivity index (χ1n) is 9.02. The average molecular weight is 317 g/mol. The first-order chi connectivity index (χ1) is 11.1. The fourth-order valence-electron chi connectivity index (χ4n) is 3.44. The smallest absolute Gasteiger partial charge is 0.165 e. The van der Waals surface area contributed by atoms with Crippen molar-refractivity contribution in [3.63, 3.8) is 0 Å². The second-order valence-electron chi connectivity index (χ2n) is 7.18. The van der Waals surface area contributed by atoms with Gasteiger partial charge in [0.2, 0.25) is 0 Å². The maximum atomic E-state index is 12.5. The molecule has 1 aromatic rings. The molecule has 2 N–H and O–H groups in total. The molecule has 3 heteroatoms. The molecule has 1 fully saturated rings. The molecule has 2 rings (SSSR count). The standard InChI is InChI=1S/C20H31NO2/c1-15(2)19(22)20(23-14-17-11-7-4-8-12-17)18(21)13-16-9-5-3-6-10-16/h4,7-8,11-12,15-16,18,20H,3,5-6,9-10,13-14,21H2,1-2H3/t18-,20+/m0/s1. The Labute approximate surface area is 140 Å². The lowest BCUT2D eigenvalue weighted by Gasteiger charge is -2.29. The predicted octanol–water partition coefficient (Wildman–Crippen LogP) is 4.09. The number of hydrogen-bond donors (Lipinski definition) is 1. The fraction of sp³-hybridized carbons (Fsp3) is 0.650. The third-order valence-corrected chi connectivity index (χ3v) is 4.84. The zero-order valence-electron chi connectivity index (χ0n) is 14.5. The van der Waals surface area contributed by atoms with Crippen LogP contribution in [0, 0.1) is 11.8 Å². The van der Waals surface area contributed by atoms with Crippen molar-refractivity contribution in [3.8, 4) is 0 Å². The van der Waals surface area contributed by atoms with E-state index in [0.717, 1.165) is 12.0 Å². The predicted molar refractivity (Wildman–Crippen MR) is 94.0 cm³/mol. The van der Waals surface area contributed by atoms with Gasteiger partial charge >= 0.3 is 0 Å². The maximum absolute atomic E-state index is 12.5. The lowest BCUT2D eigenvalue weighted by atomic mass is 9.83.